The van der Waals surface area contributed by atoms with Gasteiger partial charge in [-0.3, -0.25) is 0 Å². The minimum Gasteiger partial charge on any atom is -0.543 e. The molecule has 34 heavy (non-hydrogen) atoms. The van der Waals surface area contributed by atoms with Crippen molar-refractivity contribution in [2.24, 2.45) is 5.92 Å². The van der Waals surface area contributed by atoms with E-state index in [1.165, 1.54) is 5.56 Å². The molecule has 0 saturated heterocycles. The minimum absolute atomic E-state index is 0.0633. The van der Waals surface area contributed by atoms with E-state index in [2.05, 4.69) is 55.6 Å². The van der Waals surface area contributed by atoms with Crippen LogP contribution in [0.1, 0.15) is 30.5 Å². The first kappa shape index (κ1) is 26.8. The van der Waals surface area contributed by atoms with Crippen LogP contribution < -0.4 is 15.5 Å². The summed E-state index contributed by atoms with van der Waals surface area (Å²) in [4.78, 5) is 17.9. The lowest BCUT2D eigenvalue weighted by Crippen LogP contribution is -2.43. The van der Waals surface area contributed by atoms with Crippen molar-refractivity contribution in [2.45, 2.75) is 38.3 Å². The van der Waals surface area contributed by atoms with Crippen molar-refractivity contribution in [3.63, 3.8) is 0 Å². The average molecular weight is 462 g/mol. The molecule has 3 aromatic carbocycles. The lowest BCUT2D eigenvalue weighted by Gasteiger charge is -2.36. The van der Waals surface area contributed by atoms with Crippen LogP contribution in [0, 0.1) is 5.92 Å². The van der Waals surface area contributed by atoms with E-state index in [0.29, 0.717) is 12.5 Å². The standard InChI is InChI=1S/C26H31NO.C2H2O4/c1-21(20-27-22(2)18-23-12-6-3-7-13-23)26(28,25-16-10-5-11-17-25)19-24-14-8-4-9-15-24;3-1(4)2(5)6/h3-17,21-22,27-28H,18-20H2,1-2H3;(H,3,4)(H,5,6)/p-2. The van der Waals surface area contributed by atoms with E-state index in [0.717, 1.165) is 24.1 Å². The fourth-order valence-electron chi connectivity index (χ4n) is 3.78. The van der Waals surface area contributed by atoms with Crippen LogP contribution in [0.25, 0.3) is 0 Å². The van der Waals surface area contributed by atoms with Gasteiger partial charge in [0.1, 0.15) is 0 Å². The van der Waals surface area contributed by atoms with Gasteiger partial charge in [-0.2, -0.15) is 0 Å². The Hall–Kier alpha value is -3.48. The largest absolute Gasteiger partial charge is 0.543 e. The van der Waals surface area contributed by atoms with Gasteiger partial charge in [-0.15, -0.1) is 0 Å². The van der Waals surface area contributed by atoms with Crippen LogP contribution in [0.15, 0.2) is 91.0 Å². The first-order chi connectivity index (χ1) is 16.2. The molecule has 0 heterocycles. The van der Waals surface area contributed by atoms with Crippen molar-refractivity contribution in [2.75, 3.05) is 6.54 Å². The lowest BCUT2D eigenvalue weighted by molar-refractivity contribution is -0.345. The molecule has 0 saturated carbocycles. The molecule has 0 aromatic heterocycles. The summed E-state index contributed by atoms with van der Waals surface area (Å²) in [5, 5.41) is 33.3. The third-order valence-electron chi connectivity index (χ3n) is 5.73. The van der Waals surface area contributed by atoms with E-state index in [4.69, 9.17) is 19.8 Å². The van der Waals surface area contributed by atoms with Crippen LogP contribution in [0.4, 0.5) is 0 Å². The molecule has 180 valence electrons. The molecular weight excluding hydrogens is 430 g/mol. The topological polar surface area (TPSA) is 113 Å². The number of rotatable bonds is 9. The maximum Gasteiger partial charge on any atom is 0.0974 e. The number of hydrogen-bond donors (Lipinski definition) is 2. The predicted molar refractivity (Wildman–Crippen MR) is 127 cm³/mol. The maximum atomic E-state index is 11.8. The number of carboxylic acid groups (broad SMARTS) is 2. The number of aliphatic hydroxyl groups is 1. The van der Waals surface area contributed by atoms with E-state index in [1.54, 1.807) is 0 Å². The number of benzene rings is 3. The molecule has 3 rings (SSSR count). The highest BCUT2D eigenvalue weighted by atomic mass is 16.4. The molecule has 0 fully saturated rings. The average Bonchev–Trinajstić information content (AvgIpc) is 2.84. The van der Waals surface area contributed by atoms with Crippen molar-refractivity contribution in [3.05, 3.63) is 108 Å². The van der Waals surface area contributed by atoms with E-state index in [9.17, 15) is 5.11 Å². The minimum atomic E-state index is -2.19. The Bertz CT molecular complexity index is 999. The molecule has 0 aliphatic carbocycles. The zero-order chi connectivity index (χ0) is 25.0. The van der Waals surface area contributed by atoms with Crippen LogP contribution in [-0.2, 0) is 28.0 Å². The Labute approximate surface area is 200 Å². The van der Waals surface area contributed by atoms with Crippen LogP contribution in [0.3, 0.4) is 0 Å². The van der Waals surface area contributed by atoms with Crippen LogP contribution in [0.2, 0.25) is 0 Å². The fraction of sp³-hybridized carbons (Fsp3) is 0.286. The molecule has 6 nitrogen and oxygen atoms in total. The summed E-state index contributed by atoms with van der Waals surface area (Å²) in [5.74, 6) is -4.31. The number of carboxylic acids is 2. The molecule has 2 N–H and O–H groups in total. The molecule has 3 aromatic rings. The van der Waals surface area contributed by atoms with Gasteiger partial charge in [-0.25, -0.2) is 0 Å². The van der Waals surface area contributed by atoms with Crippen LogP contribution >= 0.6 is 0 Å². The molecule has 0 aliphatic rings. The van der Waals surface area contributed by atoms with Crippen molar-refractivity contribution in [1.82, 2.24) is 5.32 Å². The van der Waals surface area contributed by atoms with E-state index in [-0.39, 0.29) is 5.92 Å². The van der Waals surface area contributed by atoms with Crippen molar-refractivity contribution < 1.29 is 24.9 Å². The SMILES string of the molecule is CC(Cc1ccccc1)NCC(C)C(O)(Cc1ccccc1)c1ccccc1.O=C([O-])C(=O)[O-]. The smallest absolute Gasteiger partial charge is 0.0974 e. The summed E-state index contributed by atoms with van der Waals surface area (Å²) < 4.78 is 0. The first-order valence-electron chi connectivity index (χ1n) is 11.2. The van der Waals surface area contributed by atoms with Crippen LogP contribution in [0.5, 0.6) is 0 Å². The first-order valence-corrected chi connectivity index (χ1v) is 11.2. The zero-order valence-corrected chi connectivity index (χ0v) is 19.5. The Morgan fingerprint density at radius 1 is 0.794 bits per heavy atom. The molecule has 3 atom stereocenters. The van der Waals surface area contributed by atoms with Gasteiger partial charge in [0.05, 0.1) is 17.5 Å². The summed E-state index contributed by atoms with van der Waals surface area (Å²) >= 11 is 0. The third kappa shape index (κ3) is 8.46. The highest BCUT2D eigenvalue weighted by molar-refractivity contribution is 6.25. The molecule has 0 spiro atoms. The molecule has 0 aliphatic heterocycles. The van der Waals surface area contributed by atoms with Gasteiger partial charge in [-0.05, 0) is 30.0 Å². The molecule has 6 heteroatoms. The number of hydrogen-bond acceptors (Lipinski definition) is 6. The Balaban J connectivity index is 0.000000604. The van der Waals surface area contributed by atoms with Gasteiger partial charge >= 0.3 is 0 Å². The van der Waals surface area contributed by atoms with E-state index in [1.807, 2.05) is 54.6 Å². The van der Waals surface area contributed by atoms with E-state index >= 15 is 0 Å². The summed E-state index contributed by atoms with van der Waals surface area (Å²) in [6.45, 7) is 5.10. The van der Waals surface area contributed by atoms with Gasteiger partial charge < -0.3 is 30.2 Å². The Kier molecular flexibility index (Phi) is 10.5. The third-order valence-corrected chi connectivity index (χ3v) is 5.73. The highest BCUT2D eigenvalue weighted by Gasteiger charge is 2.35. The predicted octanol–water partition coefficient (Wildman–Crippen LogP) is 1.46. The number of aliphatic carboxylic acids is 2. The highest BCUT2D eigenvalue weighted by Crippen LogP contribution is 2.33. The van der Waals surface area contributed by atoms with Gasteiger partial charge in [0.25, 0.3) is 0 Å². The normalized spacial score (nSPS) is 14.1. The van der Waals surface area contributed by atoms with Crippen molar-refractivity contribution in [3.8, 4) is 0 Å². The zero-order valence-electron chi connectivity index (χ0n) is 19.5. The molecule has 0 bridgehead atoms. The quantitative estimate of drug-likeness (QED) is 0.467. The fourth-order valence-corrected chi connectivity index (χ4v) is 3.78. The summed E-state index contributed by atoms with van der Waals surface area (Å²) in [5.41, 5.74) is 2.54. The maximum absolute atomic E-state index is 11.8. The number of carbonyl (C=O) groups excluding carboxylic acids is 2. The summed E-state index contributed by atoms with van der Waals surface area (Å²) in [7, 11) is 0. The molecule has 0 radical (unpaired) electrons. The molecule has 0 amide bonds. The van der Waals surface area contributed by atoms with Gasteiger partial charge in [-0.1, -0.05) is 97.9 Å². The second-order valence-corrected chi connectivity index (χ2v) is 8.43. The molecule has 3 unspecified atom stereocenters. The second kappa shape index (κ2) is 13.3. The Morgan fingerprint density at radius 2 is 1.24 bits per heavy atom. The van der Waals surface area contributed by atoms with Gasteiger partial charge in [0.2, 0.25) is 0 Å². The lowest BCUT2D eigenvalue weighted by atomic mass is 9.77. The van der Waals surface area contributed by atoms with Crippen molar-refractivity contribution in [1.29, 1.82) is 0 Å². The van der Waals surface area contributed by atoms with E-state index < -0.39 is 17.5 Å². The number of nitrogens with one attached hydrogen (secondary N) is 1. The van der Waals surface area contributed by atoms with Crippen molar-refractivity contribution >= 4 is 11.9 Å². The number of carbonyl (C=O) groups is 2. The van der Waals surface area contributed by atoms with Gasteiger partial charge in [0.15, 0.2) is 0 Å². The Morgan fingerprint density at radius 3 is 1.71 bits per heavy atom. The van der Waals surface area contributed by atoms with Gasteiger partial charge in [0, 0.05) is 24.9 Å². The summed E-state index contributed by atoms with van der Waals surface area (Å²) in [6, 6.07) is 31.2. The summed E-state index contributed by atoms with van der Waals surface area (Å²) in [6.07, 6.45) is 1.59. The van der Waals surface area contributed by atoms with Crippen LogP contribution in [-0.4, -0.2) is 29.6 Å². The molecular formula is C28H31NO5-2. The monoisotopic (exact) mass is 461 g/mol. The second-order valence-electron chi connectivity index (χ2n) is 8.43.